The monoisotopic (exact) mass is 392 g/mol. The fourth-order valence-electron chi connectivity index (χ4n) is 3.62. The van der Waals surface area contributed by atoms with Crippen LogP contribution in [0.4, 0.5) is 5.82 Å². The Kier molecular flexibility index (Phi) is 3.05. The minimum Gasteiger partial charge on any atom is -0.494 e. The molecule has 0 radical (unpaired) electrons. The number of nitrogens with one attached hydrogen (secondary N) is 1. The van der Waals surface area contributed by atoms with Crippen molar-refractivity contribution in [3.63, 3.8) is 0 Å². The molecule has 1 aliphatic carbocycles. The van der Waals surface area contributed by atoms with E-state index in [9.17, 15) is 4.79 Å². The van der Waals surface area contributed by atoms with Crippen molar-refractivity contribution in [1.29, 1.82) is 0 Å². The number of nitrogens with two attached hydrogens (primary N) is 1. The largest absolute Gasteiger partial charge is 0.494 e. The summed E-state index contributed by atoms with van der Waals surface area (Å²) in [6.07, 6.45) is 4.21. The average Bonchev–Trinajstić information content (AvgIpc) is 3.45. The van der Waals surface area contributed by atoms with Crippen LogP contribution in [0.1, 0.15) is 22.6 Å². The predicted molar refractivity (Wildman–Crippen MR) is 109 cm³/mol. The molecule has 1 fully saturated rings. The van der Waals surface area contributed by atoms with Crippen LogP contribution in [0.25, 0.3) is 33.3 Å². The minimum absolute atomic E-state index is 0.139. The van der Waals surface area contributed by atoms with Crippen LogP contribution in [0.15, 0.2) is 41.1 Å². The number of oxazole rings is 1. The van der Waals surface area contributed by atoms with Crippen LogP contribution in [0.5, 0.6) is 5.75 Å². The van der Waals surface area contributed by atoms with Gasteiger partial charge in [-0.15, -0.1) is 0 Å². The number of primary amides is 1. The molecule has 0 spiro atoms. The van der Waals surface area contributed by atoms with Gasteiger partial charge in [0.15, 0.2) is 11.1 Å². The van der Waals surface area contributed by atoms with Crippen LogP contribution in [0, 0.1) is 0 Å². The van der Waals surface area contributed by atoms with Crippen molar-refractivity contribution in [2.75, 3.05) is 19.4 Å². The van der Waals surface area contributed by atoms with E-state index in [-0.39, 0.29) is 11.7 Å². The number of ether oxygens (including phenoxy) is 1. The molecule has 8 nitrogen and oxygen atoms in total. The molecule has 8 heteroatoms. The second-order valence-electron chi connectivity index (χ2n) is 7.03. The molecule has 3 aromatic heterocycles. The topological polar surface area (TPSA) is 116 Å². The van der Waals surface area contributed by atoms with Gasteiger partial charge in [0.05, 0.1) is 23.8 Å². The van der Waals surface area contributed by atoms with E-state index >= 15 is 0 Å². The first kappa shape index (κ1) is 14.3. The molecule has 1 amide bonds. The van der Waals surface area contributed by atoms with Crippen molar-refractivity contribution in [2.45, 2.75) is 18.3 Å². The van der Waals surface area contributed by atoms with Gasteiger partial charge in [-0.2, -0.15) is 0 Å². The molecule has 1 aromatic carbocycles. The van der Waals surface area contributed by atoms with Gasteiger partial charge in [0.1, 0.15) is 11.6 Å². The highest BCUT2D eigenvalue weighted by Gasteiger charge is 2.51. The number of carbonyl (C=O) groups is 1. The number of benzene rings is 1. The summed E-state index contributed by atoms with van der Waals surface area (Å²) < 4.78 is 34.0. The number of rotatable bonds is 5. The Labute approximate surface area is 170 Å². The molecule has 5 rings (SSSR count). The summed E-state index contributed by atoms with van der Waals surface area (Å²) >= 11 is 0. The summed E-state index contributed by atoms with van der Waals surface area (Å²) in [5, 5.41) is 3.48. The zero-order valence-corrected chi connectivity index (χ0v) is 15.5. The fraction of sp³-hybridized carbons (Fsp3) is 0.238. The SMILES string of the molecule is [2H]C([2H])([2H])Nc1ncc(-c2nc3c(OC)cccc3o2)c2cc(C3(C(N)=O)CC3)ncc12. The van der Waals surface area contributed by atoms with Crippen molar-refractivity contribution in [3.8, 4) is 17.2 Å². The van der Waals surface area contributed by atoms with Gasteiger partial charge in [-0.1, -0.05) is 6.07 Å². The normalized spacial score (nSPS) is 16.8. The third-order valence-corrected chi connectivity index (χ3v) is 5.43. The van der Waals surface area contributed by atoms with Crippen molar-refractivity contribution < 1.29 is 18.1 Å². The number of fused-ring (bicyclic) bond motifs is 2. The predicted octanol–water partition coefficient (Wildman–Crippen LogP) is 3.01. The smallest absolute Gasteiger partial charge is 0.229 e. The number of aromatic nitrogens is 3. The summed E-state index contributed by atoms with van der Waals surface area (Å²) in [5.41, 5.74) is 6.95. The van der Waals surface area contributed by atoms with E-state index in [0.29, 0.717) is 51.7 Å². The molecule has 0 aliphatic heterocycles. The Hall–Kier alpha value is -3.68. The number of hydrogen-bond acceptors (Lipinski definition) is 7. The maximum absolute atomic E-state index is 12.1. The Morgan fingerprint density at radius 2 is 2.17 bits per heavy atom. The summed E-state index contributed by atoms with van der Waals surface area (Å²) in [4.78, 5) is 25.3. The highest BCUT2D eigenvalue weighted by molar-refractivity contribution is 6.02. The number of nitrogens with zero attached hydrogens (tertiary/aromatic N) is 3. The lowest BCUT2D eigenvalue weighted by molar-refractivity contribution is -0.120. The van der Waals surface area contributed by atoms with Gasteiger partial charge in [0, 0.05) is 34.3 Å². The fourth-order valence-corrected chi connectivity index (χ4v) is 3.62. The Morgan fingerprint density at radius 1 is 1.31 bits per heavy atom. The number of methoxy groups -OCH3 is 1. The lowest BCUT2D eigenvalue weighted by atomic mass is 9.98. The number of pyridine rings is 2. The van der Waals surface area contributed by atoms with Crippen molar-refractivity contribution in [1.82, 2.24) is 15.0 Å². The number of para-hydroxylation sites is 1. The minimum atomic E-state index is -2.45. The van der Waals surface area contributed by atoms with E-state index in [4.69, 9.17) is 19.0 Å². The van der Waals surface area contributed by atoms with Crippen molar-refractivity contribution >= 4 is 33.6 Å². The highest BCUT2D eigenvalue weighted by atomic mass is 16.5. The van der Waals surface area contributed by atoms with Crippen LogP contribution in [-0.2, 0) is 10.2 Å². The molecule has 4 aromatic rings. The van der Waals surface area contributed by atoms with E-state index in [2.05, 4.69) is 20.3 Å². The first-order valence-electron chi connectivity index (χ1n) is 10.5. The van der Waals surface area contributed by atoms with E-state index in [0.717, 1.165) is 0 Å². The van der Waals surface area contributed by atoms with Crippen LogP contribution in [0.3, 0.4) is 0 Å². The molecule has 0 atom stereocenters. The number of anilines is 1. The lowest BCUT2D eigenvalue weighted by Gasteiger charge is -2.13. The molecule has 0 bridgehead atoms. The average molecular weight is 392 g/mol. The first-order chi connectivity index (χ1) is 15.2. The quantitative estimate of drug-likeness (QED) is 0.536. The van der Waals surface area contributed by atoms with Crippen LogP contribution >= 0.6 is 0 Å². The highest BCUT2D eigenvalue weighted by Crippen LogP contribution is 2.48. The molecular weight excluding hydrogens is 370 g/mol. The molecule has 1 saturated carbocycles. The number of carbonyl (C=O) groups excluding carboxylic acids is 1. The molecule has 1 aliphatic rings. The van der Waals surface area contributed by atoms with Gasteiger partial charge >= 0.3 is 0 Å². The number of amides is 1. The summed E-state index contributed by atoms with van der Waals surface area (Å²) in [5.74, 6) is 0.541. The summed E-state index contributed by atoms with van der Waals surface area (Å²) in [6, 6.07) is 7.08. The zero-order valence-electron chi connectivity index (χ0n) is 18.5. The van der Waals surface area contributed by atoms with Crippen molar-refractivity contribution in [2.24, 2.45) is 5.73 Å². The van der Waals surface area contributed by atoms with Gasteiger partial charge in [0.25, 0.3) is 0 Å². The molecule has 0 saturated heterocycles. The Morgan fingerprint density at radius 3 is 2.90 bits per heavy atom. The van der Waals surface area contributed by atoms with Gasteiger partial charge in [-0.25, -0.2) is 9.97 Å². The third kappa shape index (κ3) is 2.52. The molecular formula is C21H19N5O3. The van der Waals surface area contributed by atoms with E-state index in [1.807, 2.05) is 0 Å². The third-order valence-electron chi connectivity index (χ3n) is 5.43. The van der Waals surface area contributed by atoms with E-state index in [1.54, 1.807) is 31.4 Å². The summed E-state index contributed by atoms with van der Waals surface area (Å²) in [7, 11) is 1.55. The zero-order chi connectivity index (χ0) is 22.7. The second-order valence-corrected chi connectivity index (χ2v) is 7.03. The molecule has 146 valence electrons. The maximum Gasteiger partial charge on any atom is 0.229 e. The van der Waals surface area contributed by atoms with Gasteiger partial charge < -0.3 is 20.2 Å². The number of hydrogen-bond donors (Lipinski definition) is 2. The Balaban J connectivity index is 1.75. The standard InChI is InChI=1S/C21H19N5O3/c1-23-18-12-9-24-16(21(6-7-21)20(22)27)8-11(12)13(10-25-18)19-26-17-14(28-2)4-3-5-15(17)29-19/h3-5,8-10H,6-7H2,1-2H3,(H2,22,27)(H,23,25)/i1D3. The van der Waals surface area contributed by atoms with Crippen LogP contribution in [0.2, 0.25) is 0 Å². The summed E-state index contributed by atoms with van der Waals surface area (Å²) in [6.45, 7) is -2.45. The van der Waals surface area contributed by atoms with E-state index in [1.165, 1.54) is 12.4 Å². The van der Waals surface area contributed by atoms with Gasteiger partial charge in [0.2, 0.25) is 11.8 Å². The molecule has 3 heterocycles. The molecule has 0 unspecified atom stereocenters. The first-order valence-corrected chi connectivity index (χ1v) is 9.03. The van der Waals surface area contributed by atoms with Gasteiger partial charge in [-0.3, -0.25) is 9.78 Å². The lowest BCUT2D eigenvalue weighted by Crippen LogP contribution is -2.29. The van der Waals surface area contributed by atoms with Crippen molar-refractivity contribution in [3.05, 3.63) is 42.4 Å². The maximum atomic E-state index is 12.1. The van der Waals surface area contributed by atoms with Crippen LogP contribution < -0.4 is 15.8 Å². The molecule has 29 heavy (non-hydrogen) atoms. The second kappa shape index (κ2) is 6.16. The molecule has 3 N–H and O–H groups in total. The Bertz CT molecular complexity index is 1380. The van der Waals surface area contributed by atoms with Gasteiger partial charge in [-0.05, 0) is 31.0 Å². The van der Waals surface area contributed by atoms with E-state index < -0.39 is 18.3 Å². The van der Waals surface area contributed by atoms with Crippen LogP contribution in [-0.4, -0.2) is 34.9 Å².